The highest BCUT2D eigenvalue weighted by molar-refractivity contribution is 9.10. The monoisotopic (exact) mass is 297 g/mol. The zero-order valence-corrected chi connectivity index (χ0v) is 12.2. The second-order valence-electron chi connectivity index (χ2n) is 4.77. The molecule has 1 aromatic carbocycles. The predicted octanol–water partition coefficient (Wildman–Crippen LogP) is 3.83. The van der Waals surface area contributed by atoms with E-state index in [0.29, 0.717) is 6.04 Å². The number of hydrogen-bond acceptors (Lipinski definition) is 2. The van der Waals surface area contributed by atoms with Gasteiger partial charge >= 0.3 is 0 Å². The lowest BCUT2D eigenvalue weighted by molar-refractivity contribution is 0.151. The molecule has 1 fully saturated rings. The first-order valence-corrected chi connectivity index (χ1v) is 7.06. The van der Waals surface area contributed by atoms with Crippen LogP contribution in [-0.4, -0.2) is 24.6 Å². The van der Waals surface area contributed by atoms with Gasteiger partial charge in [0.05, 0.1) is 7.11 Å². The minimum atomic E-state index is 0.687. The Morgan fingerprint density at radius 1 is 1.41 bits per heavy atom. The van der Waals surface area contributed by atoms with Crippen molar-refractivity contribution in [3.8, 4) is 5.75 Å². The molecule has 1 atom stereocenters. The summed E-state index contributed by atoms with van der Waals surface area (Å²) < 4.78 is 6.55. The minimum Gasteiger partial charge on any atom is -0.496 e. The molecule has 0 aromatic heterocycles. The van der Waals surface area contributed by atoms with Crippen molar-refractivity contribution < 1.29 is 4.74 Å². The van der Waals surface area contributed by atoms with Crippen LogP contribution < -0.4 is 4.74 Å². The summed E-state index contributed by atoms with van der Waals surface area (Å²) in [5.41, 5.74) is 1.27. The fourth-order valence-electron chi connectivity index (χ4n) is 2.48. The van der Waals surface area contributed by atoms with E-state index >= 15 is 0 Å². The van der Waals surface area contributed by atoms with Crippen LogP contribution in [0.2, 0.25) is 0 Å². The predicted molar refractivity (Wildman–Crippen MR) is 74.4 cm³/mol. The smallest absolute Gasteiger partial charge is 0.123 e. The zero-order valence-electron chi connectivity index (χ0n) is 10.6. The molecule has 0 bridgehead atoms. The summed E-state index contributed by atoms with van der Waals surface area (Å²) in [6.07, 6.45) is 4.00. The molecule has 0 N–H and O–H groups in total. The van der Waals surface area contributed by atoms with Gasteiger partial charge in [-0.25, -0.2) is 0 Å². The van der Waals surface area contributed by atoms with Crippen molar-refractivity contribution in [1.29, 1.82) is 0 Å². The third-order valence-corrected chi connectivity index (χ3v) is 4.05. The number of halogens is 1. The minimum absolute atomic E-state index is 0.687. The van der Waals surface area contributed by atoms with Gasteiger partial charge in [0.15, 0.2) is 0 Å². The van der Waals surface area contributed by atoms with Crippen molar-refractivity contribution in [2.45, 2.75) is 38.8 Å². The number of rotatable bonds is 3. The van der Waals surface area contributed by atoms with Crippen LogP contribution in [0.3, 0.4) is 0 Å². The number of benzene rings is 1. The fraction of sp³-hybridized carbons (Fsp3) is 0.571. The first kappa shape index (κ1) is 12.9. The van der Waals surface area contributed by atoms with E-state index in [4.69, 9.17) is 4.74 Å². The SMILES string of the molecule is COc1ccc(Br)cc1CN1CCCCC1C. The standard InChI is InChI=1S/C14H20BrNO/c1-11-5-3-4-8-16(11)10-12-9-13(15)6-7-14(12)17-2/h6-7,9,11H,3-5,8,10H2,1-2H3. The maximum Gasteiger partial charge on any atom is 0.123 e. The van der Waals surface area contributed by atoms with Gasteiger partial charge in [-0.05, 0) is 44.5 Å². The van der Waals surface area contributed by atoms with Gasteiger partial charge in [0.25, 0.3) is 0 Å². The molecular formula is C14H20BrNO. The Kier molecular flexibility index (Phi) is 4.46. The van der Waals surface area contributed by atoms with E-state index in [1.165, 1.54) is 31.4 Å². The van der Waals surface area contributed by atoms with Gasteiger partial charge in [0.2, 0.25) is 0 Å². The lowest BCUT2D eigenvalue weighted by atomic mass is 10.0. The molecular weight excluding hydrogens is 278 g/mol. The lowest BCUT2D eigenvalue weighted by Gasteiger charge is -2.33. The molecule has 0 amide bonds. The Morgan fingerprint density at radius 2 is 2.24 bits per heavy atom. The molecule has 0 radical (unpaired) electrons. The number of likely N-dealkylation sites (tertiary alicyclic amines) is 1. The number of ether oxygens (including phenoxy) is 1. The van der Waals surface area contributed by atoms with Crippen LogP contribution in [0.5, 0.6) is 5.75 Å². The molecule has 1 aliphatic heterocycles. The lowest BCUT2D eigenvalue weighted by Crippen LogP contribution is -2.36. The van der Waals surface area contributed by atoms with Gasteiger partial charge in [-0.1, -0.05) is 22.4 Å². The molecule has 2 rings (SSSR count). The van der Waals surface area contributed by atoms with Crippen molar-refractivity contribution in [1.82, 2.24) is 4.90 Å². The van der Waals surface area contributed by atoms with Gasteiger partial charge < -0.3 is 4.74 Å². The molecule has 1 heterocycles. The molecule has 1 aliphatic rings. The summed E-state index contributed by atoms with van der Waals surface area (Å²) in [4.78, 5) is 2.55. The summed E-state index contributed by atoms with van der Waals surface area (Å²) in [5.74, 6) is 0.992. The Morgan fingerprint density at radius 3 is 2.94 bits per heavy atom. The molecule has 1 aromatic rings. The van der Waals surface area contributed by atoms with Crippen molar-refractivity contribution in [2.75, 3.05) is 13.7 Å². The normalized spacial score (nSPS) is 21.5. The van der Waals surface area contributed by atoms with Gasteiger partial charge in [-0.2, -0.15) is 0 Å². The van der Waals surface area contributed by atoms with Crippen LogP contribution in [0.4, 0.5) is 0 Å². The maximum absolute atomic E-state index is 5.43. The molecule has 1 saturated heterocycles. The van der Waals surface area contributed by atoms with E-state index in [1.807, 2.05) is 12.1 Å². The number of hydrogen-bond donors (Lipinski definition) is 0. The highest BCUT2D eigenvalue weighted by atomic mass is 79.9. The molecule has 94 valence electrons. The molecule has 0 aliphatic carbocycles. The van der Waals surface area contributed by atoms with Crippen molar-refractivity contribution >= 4 is 15.9 Å². The van der Waals surface area contributed by atoms with E-state index < -0.39 is 0 Å². The van der Waals surface area contributed by atoms with Crippen LogP contribution in [0.25, 0.3) is 0 Å². The molecule has 2 nitrogen and oxygen atoms in total. The Balaban J connectivity index is 2.13. The summed E-state index contributed by atoms with van der Waals surface area (Å²) in [6, 6.07) is 6.92. The van der Waals surface area contributed by atoms with Gasteiger partial charge in [0, 0.05) is 22.6 Å². The highest BCUT2D eigenvalue weighted by Gasteiger charge is 2.19. The maximum atomic E-state index is 5.43. The molecule has 0 saturated carbocycles. The van der Waals surface area contributed by atoms with Crippen LogP contribution in [0, 0.1) is 0 Å². The average Bonchev–Trinajstić information content (AvgIpc) is 2.32. The summed E-state index contributed by atoms with van der Waals surface area (Å²) in [5, 5.41) is 0. The molecule has 17 heavy (non-hydrogen) atoms. The number of piperidine rings is 1. The first-order chi connectivity index (χ1) is 8.20. The van der Waals surface area contributed by atoms with Crippen LogP contribution in [0.15, 0.2) is 22.7 Å². The van der Waals surface area contributed by atoms with Crippen molar-refractivity contribution in [2.24, 2.45) is 0 Å². The van der Waals surface area contributed by atoms with Crippen molar-refractivity contribution in [3.05, 3.63) is 28.2 Å². The third kappa shape index (κ3) is 3.23. The largest absolute Gasteiger partial charge is 0.496 e. The highest BCUT2D eigenvalue weighted by Crippen LogP contribution is 2.27. The van der Waals surface area contributed by atoms with E-state index in [2.05, 4.69) is 33.8 Å². The number of methoxy groups -OCH3 is 1. The summed E-state index contributed by atoms with van der Waals surface area (Å²) in [6.45, 7) is 4.52. The van der Waals surface area contributed by atoms with Gasteiger partial charge in [-0.15, -0.1) is 0 Å². The third-order valence-electron chi connectivity index (χ3n) is 3.56. The van der Waals surface area contributed by atoms with Gasteiger partial charge in [0.1, 0.15) is 5.75 Å². The van der Waals surface area contributed by atoms with Gasteiger partial charge in [-0.3, -0.25) is 4.90 Å². The molecule has 3 heteroatoms. The Hall–Kier alpha value is -0.540. The van der Waals surface area contributed by atoms with E-state index in [1.54, 1.807) is 7.11 Å². The van der Waals surface area contributed by atoms with Crippen LogP contribution >= 0.6 is 15.9 Å². The second-order valence-corrected chi connectivity index (χ2v) is 5.69. The van der Waals surface area contributed by atoms with Crippen LogP contribution in [0.1, 0.15) is 31.7 Å². The van der Waals surface area contributed by atoms with E-state index in [9.17, 15) is 0 Å². The van der Waals surface area contributed by atoms with E-state index in [0.717, 1.165) is 16.8 Å². The topological polar surface area (TPSA) is 12.5 Å². The first-order valence-electron chi connectivity index (χ1n) is 6.27. The molecule has 0 spiro atoms. The zero-order chi connectivity index (χ0) is 12.3. The number of nitrogens with zero attached hydrogens (tertiary/aromatic N) is 1. The summed E-state index contributed by atoms with van der Waals surface area (Å²) in [7, 11) is 1.74. The quantitative estimate of drug-likeness (QED) is 0.841. The second kappa shape index (κ2) is 5.87. The fourth-order valence-corrected chi connectivity index (χ4v) is 2.89. The molecule has 1 unspecified atom stereocenters. The Labute approximate surface area is 112 Å². The average molecular weight is 298 g/mol. The summed E-state index contributed by atoms with van der Waals surface area (Å²) >= 11 is 3.53. The van der Waals surface area contributed by atoms with Crippen molar-refractivity contribution in [3.63, 3.8) is 0 Å². The van der Waals surface area contributed by atoms with E-state index in [-0.39, 0.29) is 0 Å². The van der Waals surface area contributed by atoms with Crippen LogP contribution in [-0.2, 0) is 6.54 Å². The Bertz CT molecular complexity index is 380.